The summed E-state index contributed by atoms with van der Waals surface area (Å²) < 4.78 is 32.7. The number of fused-ring (bicyclic) bond motifs is 5. The Bertz CT molecular complexity index is 783. The lowest BCUT2D eigenvalue weighted by Crippen LogP contribution is -2.51. The number of halogens is 2. The first kappa shape index (κ1) is 27.6. The number of hydrogen-bond donors (Lipinski definition) is 1. The number of alkyl halides is 2. The Balaban J connectivity index is 1.43. The van der Waals surface area contributed by atoms with E-state index in [-0.39, 0.29) is 18.1 Å². The molecule has 0 bridgehead atoms. The molecule has 4 aliphatic rings. The van der Waals surface area contributed by atoms with Crippen LogP contribution in [0.5, 0.6) is 0 Å². The smallest absolute Gasteiger partial charge is 0.245 e. The predicted octanol–water partition coefficient (Wildman–Crippen LogP) is 8.43. The average molecular weight is 495 g/mol. The first-order valence-corrected chi connectivity index (χ1v) is 14.5. The van der Waals surface area contributed by atoms with Crippen molar-refractivity contribution in [2.45, 2.75) is 131 Å². The third-order valence-electron chi connectivity index (χ3n) is 11.3. The zero-order chi connectivity index (χ0) is 25.8. The van der Waals surface area contributed by atoms with Crippen LogP contribution in [0.25, 0.3) is 0 Å². The van der Waals surface area contributed by atoms with E-state index in [1.807, 2.05) is 13.8 Å². The lowest BCUT2D eigenvalue weighted by atomic mass is 9.47. The zero-order valence-electron chi connectivity index (χ0n) is 23.5. The number of ether oxygens (including phenoxy) is 1. The zero-order valence-corrected chi connectivity index (χ0v) is 23.5. The van der Waals surface area contributed by atoms with Crippen molar-refractivity contribution >= 4 is 0 Å². The summed E-state index contributed by atoms with van der Waals surface area (Å²) in [6.07, 6.45) is 11.9. The summed E-state index contributed by atoms with van der Waals surface area (Å²) >= 11 is 0. The van der Waals surface area contributed by atoms with Gasteiger partial charge in [-0.2, -0.15) is 0 Å². The highest BCUT2D eigenvalue weighted by Crippen LogP contribution is 2.67. The minimum absolute atomic E-state index is 0.0882. The van der Waals surface area contributed by atoms with Gasteiger partial charge in [0.05, 0.1) is 18.3 Å². The van der Waals surface area contributed by atoms with E-state index in [0.29, 0.717) is 11.3 Å². The van der Waals surface area contributed by atoms with Crippen LogP contribution < -0.4 is 0 Å². The van der Waals surface area contributed by atoms with Crippen LogP contribution >= 0.6 is 0 Å². The van der Waals surface area contributed by atoms with Gasteiger partial charge in [0.25, 0.3) is 0 Å². The quantitative estimate of drug-likeness (QED) is 0.343. The number of aliphatic hydroxyl groups is 1. The molecule has 0 amide bonds. The number of rotatable bonds is 8. The second kappa shape index (κ2) is 9.68. The number of allylic oxidation sites excluding steroid dienone is 1. The van der Waals surface area contributed by atoms with Crippen molar-refractivity contribution in [1.82, 2.24) is 0 Å². The Kier molecular flexibility index (Phi) is 7.62. The molecule has 0 aromatic heterocycles. The van der Waals surface area contributed by atoms with Gasteiger partial charge < -0.3 is 9.84 Å². The molecule has 3 saturated carbocycles. The van der Waals surface area contributed by atoms with Crippen LogP contribution in [0.2, 0.25) is 0 Å². The van der Waals surface area contributed by atoms with Gasteiger partial charge in [0.2, 0.25) is 6.43 Å². The van der Waals surface area contributed by atoms with Crippen LogP contribution in [-0.2, 0) is 4.74 Å². The van der Waals surface area contributed by atoms with E-state index in [9.17, 15) is 13.9 Å². The molecule has 0 aliphatic heterocycles. The monoisotopic (exact) mass is 494 g/mol. The van der Waals surface area contributed by atoms with Crippen LogP contribution in [0.4, 0.5) is 8.78 Å². The van der Waals surface area contributed by atoms with E-state index in [2.05, 4.69) is 26.8 Å². The molecule has 4 heteroatoms. The maximum atomic E-state index is 13.3. The highest BCUT2D eigenvalue weighted by atomic mass is 19.3. The van der Waals surface area contributed by atoms with Crippen LogP contribution in [0.3, 0.4) is 0 Å². The summed E-state index contributed by atoms with van der Waals surface area (Å²) in [6, 6.07) is 0. The van der Waals surface area contributed by atoms with Gasteiger partial charge in [-0.15, -0.1) is 0 Å². The Hall–Kier alpha value is -0.480. The van der Waals surface area contributed by atoms with Crippen LogP contribution in [0, 0.1) is 45.8 Å². The molecular formula is C31H52F2O2. The van der Waals surface area contributed by atoms with Crippen LogP contribution in [-0.4, -0.2) is 29.8 Å². The Morgan fingerprint density at radius 1 is 1.06 bits per heavy atom. The van der Waals surface area contributed by atoms with Gasteiger partial charge in [0.1, 0.15) is 0 Å². The third-order valence-corrected chi connectivity index (χ3v) is 11.3. The highest BCUT2D eigenvalue weighted by molar-refractivity contribution is 5.25. The fourth-order valence-corrected chi connectivity index (χ4v) is 8.92. The molecule has 3 fully saturated rings. The second-order valence-corrected chi connectivity index (χ2v) is 14.8. The molecule has 4 aliphatic carbocycles. The lowest BCUT2D eigenvalue weighted by Gasteiger charge is -2.58. The second-order valence-electron chi connectivity index (χ2n) is 14.8. The van der Waals surface area contributed by atoms with Crippen molar-refractivity contribution in [2.24, 2.45) is 45.8 Å². The summed E-state index contributed by atoms with van der Waals surface area (Å²) in [5.41, 5.74) is 0.600. The van der Waals surface area contributed by atoms with Crippen molar-refractivity contribution in [3.05, 3.63) is 11.6 Å². The minimum Gasteiger partial charge on any atom is -0.390 e. The highest BCUT2D eigenvalue weighted by Gasteiger charge is 2.59. The van der Waals surface area contributed by atoms with Gasteiger partial charge in [0.15, 0.2) is 0 Å². The lowest BCUT2D eigenvalue weighted by molar-refractivity contribution is -0.0904. The third kappa shape index (κ3) is 5.27. The Labute approximate surface area is 213 Å². The van der Waals surface area contributed by atoms with Crippen molar-refractivity contribution in [3.8, 4) is 0 Å². The summed E-state index contributed by atoms with van der Waals surface area (Å²) in [5.74, 6) is 3.79. The summed E-state index contributed by atoms with van der Waals surface area (Å²) in [5, 5.41) is 10.3. The molecule has 2 nitrogen and oxygen atoms in total. The molecule has 8 atom stereocenters. The van der Waals surface area contributed by atoms with Crippen molar-refractivity contribution in [3.63, 3.8) is 0 Å². The molecule has 35 heavy (non-hydrogen) atoms. The van der Waals surface area contributed by atoms with Gasteiger partial charge in [-0.3, -0.25) is 0 Å². The topological polar surface area (TPSA) is 29.5 Å². The molecule has 4 rings (SSSR count). The normalized spacial score (nSPS) is 40.7. The Morgan fingerprint density at radius 2 is 1.77 bits per heavy atom. The van der Waals surface area contributed by atoms with Crippen LogP contribution in [0.1, 0.15) is 113 Å². The van der Waals surface area contributed by atoms with Gasteiger partial charge in [-0.1, -0.05) is 46.3 Å². The number of hydrogen-bond acceptors (Lipinski definition) is 2. The molecular weight excluding hydrogens is 442 g/mol. The fourth-order valence-electron chi connectivity index (χ4n) is 8.92. The fraction of sp³-hybridized carbons (Fsp3) is 0.935. The predicted molar refractivity (Wildman–Crippen MR) is 139 cm³/mol. The molecule has 0 radical (unpaired) electrons. The molecule has 0 unspecified atom stereocenters. The largest absolute Gasteiger partial charge is 0.390 e. The molecule has 0 spiro atoms. The standard InChI is InChI=1S/C31H52F2O2/c1-20(12-15-29(4,5)34)24-10-11-25-23-9-8-21-18-22(35-19-28(2,3)27(32)33)13-16-30(21,6)26(23)14-17-31(24,25)7/h8,20,22-27,34H,9-19H2,1-7H3/t20-,22+,23+,24-,25+,26+,30+,31-/m1/s1. The van der Waals surface area contributed by atoms with Crippen LogP contribution in [0.15, 0.2) is 11.6 Å². The van der Waals surface area contributed by atoms with E-state index >= 15 is 0 Å². The molecule has 0 heterocycles. The SMILES string of the molecule is C[C@H](CCC(C)(C)O)[C@H]1CC[C@H]2[C@@H]3CC=C4C[C@@H](OCC(C)(C)C(F)F)CC[C@]4(C)[C@H]3CC[C@]12C. The van der Waals surface area contributed by atoms with E-state index < -0.39 is 17.4 Å². The van der Waals surface area contributed by atoms with Gasteiger partial charge >= 0.3 is 0 Å². The molecule has 1 N–H and O–H groups in total. The Morgan fingerprint density at radius 3 is 2.43 bits per heavy atom. The van der Waals surface area contributed by atoms with E-state index in [0.717, 1.165) is 55.8 Å². The van der Waals surface area contributed by atoms with Crippen molar-refractivity contribution < 1.29 is 18.6 Å². The maximum Gasteiger partial charge on any atom is 0.245 e. The van der Waals surface area contributed by atoms with E-state index in [1.165, 1.54) is 32.1 Å². The molecule has 0 aromatic carbocycles. The van der Waals surface area contributed by atoms with E-state index in [4.69, 9.17) is 4.74 Å². The van der Waals surface area contributed by atoms with Gasteiger partial charge in [0, 0.05) is 5.41 Å². The summed E-state index contributed by atoms with van der Waals surface area (Å²) in [6.45, 7) is 14.8. The molecule has 0 saturated heterocycles. The molecule has 0 aromatic rings. The first-order valence-electron chi connectivity index (χ1n) is 14.5. The summed E-state index contributed by atoms with van der Waals surface area (Å²) in [7, 11) is 0. The van der Waals surface area contributed by atoms with Crippen molar-refractivity contribution in [1.29, 1.82) is 0 Å². The van der Waals surface area contributed by atoms with Gasteiger partial charge in [-0.05, 0) is 118 Å². The first-order chi connectivity index (χ1) is 16.2. The molecule has 202 valence electrons. The van der Waals surface area contributed by atoms with Crippen molar-refractivity contribution in [2.75, 3.05) is 6.61 Å². The maximum absolute atomic E-state index is 13.3. The van der Waals surface area contributed by atoms with Gasteiger partial charge in [-0.25, -0.2) is 8.78 Å². The minimum atomic E-state index is -2.35. The summed E-state index contributed by atoms with van der Waals surface area (Å²) in [4.78, 5) is 0. The van der Waals surface area contributed by atoms with E-state index in [1.54, 1.807) is 19.4 Å². The average Bonchev–Trinajstić information content (AvgIpc) is 3.12.